The minimum Gasteiger partial charge on any atom is -0.394 e. The summed E-state index contributed by atoms with van der Waals surface area (Å²) in [5, 5.41) is 27.0. The summed E-state index contributed by atoms with van der Waals surface area (Å²) in [5.74, 6) is -1.80. The van der Waals surface area contributed by atoms with Gasteiger partial charge in [-0.2, -0.15) is 5.26 Å². The smallest absolute Gasteiger partial charge is 0.251 e. The van der Waals surface area contributed by atoms with Gasteiger partial charge >= 0.3 is 0 Å². The number of hydrogen-bond acceptors (Lipinski definition) is 8. The highest BCUT2D eigenvalue weighted by Crippen LogP contribution is 2.36. The summed E-state index contributed by atoms with van der Waals surface area (Å²) in [5.41, 5.74) is 1.27. The molecule has 1 aromatic rings. The van der Waals surface area contributed by atoms with Crippen molar-refractivity contribution in [1.29, 1.82) is 5.26 Å². The van der Waals surface area contributed by atoms with E-state index in [1.807, 2.05) is 19.9 Å². The van der Waals surface area contributed by atoms with Crippen LogP contribution in [0.25, 0.3) is 0 Å². The quantitative estimate of drug-likeness (QED) is 0.259. The summed E-state index contributed by atoms with van der Waals surface area (Å²) in [6, 6.07) is 8.80. The van der Waals surface area contributed by atoms with E-state index in [0.29, 0.717) is 31.6 Å². The number of benzene rings is 1. The predicted octanol–water partition coefficient (Wildman–Crippen LogP) is 1.63. The standard InChI is InChI=1S/C27H40N6O4S/c1-3-20(18-34)31-25(36)22(16-28)27-33(4-2)26(37)23(38-27)17-30-21-10-7-9-19(15-21)24(35)29-11-8-14-32-12-5-6-13-32/h7,9-10,15,20,22-23,27,30,34H,3-6,8,11-14,17-18H2,1-2H3,(H,29,35)(H,31,36)/t20-,22?,23?,27?/m0/s1. The number of aliphatic hydroxyl groups excluding tert-OH is 1. The van der Waals surface area contributed by atoms with Crippen LogP contribution in [-0.4, -0.2) is 95.2 Å². The van der Waals surface area contributed by atoms with Gasteiger partial charge in [0, 0.05) is 30.9 Å². The Balaban J connectivity index is 1.54. The van der Waals surface area contributed by atoms with E-state index >= 15 is 0 Å². The second-order valence-corrected chi connectivity index (χ2v) is 11.0. The lowest BCUT2D eigenvalue weighted by Crippen LogP contribution is -2.47. The summed E-state index contributed by atoms with van der Waals surface area (Å²) >= 11 is 1.29. The molecule has 10 nitrogen and oxygen atoms in total. The zero-order valence-electron chi connectivity index (χ0n) is 22.3. The Labute approximate surface area is 229 Å². The lowest BCUT2D eigenvalue weighted by molar-refractivity contribution is -0.131. The third kappa shape index (κ3) is 7.85. The van der Waals surface area contributed by atoms with Crippen molar-refractivity contribution in [2.75, 3.05) is 51.2 Å². The van der Waals surface area contributed by atoms with E-state index in [1.54, 1.807) is 23.1 Å². The lowest BCUT2D eigenvalue weighted by atomic mass is 10.1. The Morgan fingerprint density at radius 2 is 2.03 bits per heavy atom. The molecule has 0 saturated carbocycles. The van der Waals surface area contributed by atoms with Crippen LogP contribution in [0.3, 0.4) is 0 Å². The van der Waals surface area contributed by atoms with Gasteiger partial charge in [0.25, 0.3) is 5.91 Å². The molecule has 2 heterocycles. The molecular formula is C27H40N6O4S. The fourth-order valence-electron chi connectivity index (χ4n) is 4.75. The molecule has 2 saturated heterocycles. The Morgan fingerprint density at radius 3 is 2.68 bits per heavy atom. The monoisotopic (exact) mass is 544 g/mol. The highest BCUT2D eigenvalue weighted by molar-refractivity contribution is 8.01. The molecule has 3 rings (SSSR count). The third-order valence-corrected chi connectivity index (χ3v) is 8.53. The maximum atomic E-state index is 13.1. The molecule has 0 bridgehead atoms. The molecule has 0 aromatic heterocycles. The van der Waals surface area contributed by atoms with Crippen LogP contribution >= 0.6 is 11.8 Å². The summed E-state index contributed by atoms with van der Waals surface area (Å²) in [4.78, 5) is 42.4. The summed E-state index contributed by atoms with van der Waals surface area (Å²) in [7, 11) is 0. The fourth-order valence-corrected chi connectivity index (χ4v) is 6.26. The van der Waals surface area contributed by atoms with Gasteiger partial charge in [0.1, 0.15) is 10.6 Å². The molecule has 2 aliphatic heterocycles. The number of likely N-dealkylation sites (tertiary alicyclic amines) is 1. The van der Waals surface area contributed by atoms with Crippen molar-refractivity contribution in [3.8, 4) is 6.07 Å². The molecule has 0 aliphatic carbocycles. The molecular weight excluding hydrogens is 504 g/mol. The van der Waals surface area contributed by atoms with Crippen molar-refractivity contribution in [3.05, 3.63) is 29.8 Å². The third-order valence-electron chi connectivity index (χ3n) is 7.03. The molecule has 0 radical (unpaired) electrons. The fraction of sp³-hybridized carbons (Fsp3) is 0.630. The van der Waals surface area contributed by atoms with Gasteiger partial charge in [0.05, 0.1) is 18.7 Å². The number of aliphatic hydroxyl groups is 1. The van der Waals surface area contributed by atoms with Crippen LogP contribution in [0.2, 0.25) is 0 Å². The first kappa shape index (κ1) is 29.7. The van der Waals surface area contributed by atoms with Crippen molar-refractivity contribution in [2.45, 2.75) is 56.2 Å². The van der Waals surface area contributed by atoms with Crippen LogP contribution in [-0.2, 0) is 9.59 Å². The van der Waals surface area contributed by atoms with Crippen LogP contribution < -0.4 is 16.0 Å². The zero-order valence-corrected chi connectivity index (χ0v) is 23.1. The van der Waals surface area contributed by atoms with Gasteiger partial charge < -0.3 is 30.9 Å². The van der Waals surface area contributed by atoms with Gasteiger partial charge in [-0.25, -0.2) is 0 Å². The average molecular weight is 545 g/mol. The van der Waals surface area contributed by atoms with E-state index in [-0.39, 0.29) is 18.4 Å². The average Bonchev–Trinajstić information content (AvgIpc) is 3.56. The topological polar surface area (TPSA) is 138 Å². The summed E-state index contributed by atoms with van der Waals surface area (Å²) in [6.45, 7) is 8.04. The number of nitrogens with zero attached hydrogens (tertiary/aromatic N) is 3. The number of thioether (sulfide) groups is 1. The van der Waals surface area contributed by atoms with Gasteiger partial charge in [-0.05, 0) is 70.4 Å². The summed E-state index contributed by atoms with van der Waals surface area (Å²) < 4.78 is 0. The molecule has 4 atom stereocenters. The number of hydrogen-bond donors (Lipinski definition) is 4. The van der Waals surface area contributed by atoms with E-state index in [0.717, 1.165) is 31.7 Å². The molecule has 3 amide bonds. The first-order valence-corrected chi connectivity index (χ1v) is 14.5. The van der Waals surface area contributed by atoms with Crippen molar-refractivity contribution < 1.29 is 19.5 Å². The Hall–Kier alpha value is -2.81. The van der Waals surface area contributed by atoms with Gasteiger partial charge in [0.15, 0.2) is 5.92 Å². The predicted molar refractivity (Wildman–Crippen MR) is 149 cm³/mol. The molecule has 208 valence electrons. The largest absolute Gasteiger partial charge is 0.394 e. The van der Waals surface area contributed by atoms with Crippen LogP contribution in [0.1, 0.15) is 49.9 Å². The van der Waals surface area contributed by atoms with Crippen molar-refractivity contribution in [1.82, 2.24) is 20.4 Å². The lowest BCUT2D eigenvalue weighted by Gasteiger charge is -2.26. The molecule has 0 spiro atoms. The number of amides is 3. The van der Waals surface area contributed by atoms with E-state index in [4.69, 9.17) is 0 Å². The molecule has 2 fully saturated rings. The number of rotatable bonds is 14. The van der Waals surface area contributed by atoms with E-state index in [1.165, 1.54) is 24.6 Å². The van der Waals surface area contributed by atoms with Crippen molar-refractivity contribution in [2.24, 2.45) is 5.92 Å². The van der Waals surface area contributed by atoms with Crippen LogP contribution in [0.15, 0.2) is 24.3 Å². The molecule has 2 aliphatic rings. The number of nitriles is 1. The van der Waals surface area contributed by atoms with Gasteiger partial charge in [-0.3, -0.25) is 14.4 Å². The number of anilines is 1. The zero-order chi connectivity index (χ0) is 27.5. The Bertz CT molecular complexity index is 992. The molecule has 11 heteroatoms. The highest BCUT2D eigenvalue weighted by atomic mass is 32.2. The normalized spacial score (nSPS) is 21.1. The van der Waals surface area contributed by atoms with Crippen LogP contribution in [0.4, 0.5) is 5.69 Å². The molecule has 38 heavy (non-hydrogen) atoms. The van der Waals surface area contributed by atoms with Crippen LogP contribution in [0, 0.1) is 17.2 Å². The second kappa shape index (κ2) is 15.0. The SMILES string of the molecule is CC[C@@H](CO)NC(=O)C(C#N)C1SC(CNc2cccc(C(=O)NCCCN3CCCC3)c2)C(=O)N1CC. The Morgan fingerprint density at radius 1 is 1.26 bits per heavy atom. The van der Waals surface area contributed by atoms with Gasteiger partial charge in [-0.1, -0.05) is 13.0 Å². The number of nitrogens with one attached hydrogen (secondary N) is 3. The maximum absolute atomic E-state index is 13.1. The van der Waals surface area contributed by atoms with Gasteiger partial charge in [-0.15, -0.1) is 11.8 Å². The van der Waals surface area contributed by atoms with E-state index in [9.17, 15) is 24.8 Å². The van der Waals surface area contributed by atoms with Crippen molar-refractivity contribution >= 4 is 35.2 Å². The van der Waals surface area contributed by atoms with E-state index in [2.05, 4.69) is 26.9 Å². The summed E-state index contributed by atoms with van der Waals surface area (Å²) in [6.07, 6.45) is 3.97. The molecule has 3 unspecified atom stereocenters. The van der Waals surface area contributed by atoms with Gasteiger partial charge in [0.2, 0.25) is 11.8 Å². The molecule has 4 N–H and O–H groups in total. The first-order chi connectivity index (χ1) is 18.4. The number of carbonyl (C=O) groups is 3. The maximum Gasteiger partial charge on any atom is 0.251 e. The van der Waals surface area contributed by atoms with Crippen molar-refractivity contribution in [3.63, 3.8) is 0 Å². The minimum absolute atomic E-state index is 0.130. The second-order valence-electron chi connectivity index (χ2n) is 9.66. The number of carbonyl (C=O) groups excluding carboxylic acids is 3. The minimum atomic E-state index is -1.05. The molecule has 1 aromatic carbocycles. The highest BCUT2D eigenvalue weighted by Gasteiger charge is 2.45. The van der Waals surface area contributed by atoms with Crippen LogP contribution in [0.5, 0.6) is 0 Å². The Kier molecular flexibility index (Phi) is 11.7. The first-order valence-electron chi connectivity index (χ1n) is 13.5. The van der Waals surface area contributed by atoms with E-state index < -0.39 is 28.5 Å².